The SMILES string of the molecule is Clc1ccc([C@H]2NN=C(Cc3ccccc3)S2)c(Cl)c1. The number of rotatable bonds is 3. The van der Waals surface area contributed by atoms with E-state index in [0.29, 0.717) is 10.0 Å². The lowest BCUT2D eigenvalue weighted by atomic mass is 10.2. The number of benzene rings is 2. The van der Waals surface area contributed by atoms with Crippen LogP contribution in [0.25, 0.3) is 0 Å². The van der Waals surface area contributed by atoms with Gasteiger partial charge >= 0.3 is 0 Å². The number of hydrogen-bond acceptors (Lipinski definition) is 3. The van der Waals surface area contributed by atoms with Crippen molar-refractivity contribution in [3.05, 3.63) is 69.7 Å². The first-order chi connectivity index (χ1) is 9.72. The molecule has 1 heterocycles. The van der Waals surface area contributed by atoms with Crippen LogP contribution in [0.15, 0.2) is 53.6 Å². The summed E-state index contributed by atoms with van der Waals surface area (Å²) in [6.45, 7) is 0. The van der Waals surface area contributed by atoms with Crippen molar-refractivity contribution in [3.63, 3.8) is 0 Å². The number of thioether (sulfide) groups is 1. The second-order valence-electron chi connectivity index (χ2n) is 4.46. The molecule has 0 aromatic heterocycles. The van der Waals surface area contributed by atoms with Gasteiger partial charge in [0.1, 0.15) is 5.37 Å². The first kappa shape index (κ1) is 13.8. The molecule has 0 radical (unpaired) electrons. The minimum absolute atomic E-state index is 0.0541. The van der Waals surface area contributed by atoms with Crippen LogP contribution in [0.5, 0.6) is 0 Å². The van der Waals surface area contributed by atoms with Gasteiger partial charge in [0, 0.05) is 22.0 Å². The van der Waals surface area contributed by atoms with Crippen LogP contribution in [0.1, 0.15) is 16.5 Å². The van der Waals surface area contributed by atoms with Crippen molar-refractivity contribution in [2.75, 3.05) is 0 Å². The van der Waals surface area contributed by atoms with Crippen LogP contribution < -0.4 is 5.43 Å². The quantitative estimate of drug-likeness (QED) is 0.870. The number of nitrogens with zero attached hydrogens (tertiary/aromatic N) is 1. The molecule has 0 saturated carbocycles. The highest BCUT2D eigenvalue weighted by Gasteiger charge is 2.23. The van der Waals surface area contributed by atoms with Gasteiger partial charge in [-0.1, -0.05) is 71.4 Å². The molecule has 0 amide bonds. The lowest BCUT2D eigenvalue weighted by molar-refractivity contribution is 0.742. The predicted octanol–water partition coefficient (Wildman–Crippen LogP) is 4.88. The Balaban J connectivity index is 1.69. The Hall–Kier alpha value is -1.16. The Bertz CT molecular complexity index is 644. The van der Waals surface area contributed by atoms with Crippen LogP contribution in [0.3, 0.4) is 0 Å². The highest BCUT2D eigenvalue weighted by atomic mass is 35.5. The van der Waals surface area contributed by atoms with Gasteiger partial charge in [-0.2, -0.15) is 5.10 Å². The van der Waals surface area contributed by atoms with Gasteiger partial charge in [0.15, 0.2) is 0 Å². The predicted molar refractivity (Wildman–Crippen MR) is 87.5 cm³/mol. The minimum atomic E-state index is 0.0541. The number of hydrazone groups is 1. The van der Waals surface area contributed by atoms with Crippen LogP contribution in [-0.4, -0.2) is 5.04 Å². The van der Waals surface area contributed by atoms with Crippen molar-refractivity contribution < 1.29 is 0 Å². The summed E-state index contributed by atoms with van der Waals surface area (Å²) in [5.74, 6) is 0. The first-order valence-electron chi connectivity index (χ1n) is 6.20. The second-order valence-corrected chi connectivity index (χ2v) is 6.48. The molecule has 2 aromatic rings. The van der Waals surface area contributed by atoms with Gasteiger partial charge in [-0.3, -0.25) is 5.43 Å². The van der Waals surface area contributed by atoms with Gasteiger partial charge in [-0.25, -0.2) is 0 Å². The van der Waals surface area contributed by atoms with Gasteiger partial charge in [-0.15, -0.1) is 0 Å². The largest absolute Gasteiger partial charge is 0.291 e. The Morgan fingerprint density at radius 1 is 1.10 bits per heavy atom. The van der Waals surface area contributed by atoms with E-state index in [2.05, 4.69) is 22.7 Å². The fraction of sp³-hybridized carbons (Fsp3) is 0.133. The molecule has 0 saturated heterocycles. The molecule has 0 bridgehead atoms. The van der Waals surface area contributed by atoms with Crippen LogP contribution in [0.4, 0.5) is 0 Å². The summed E-state index contributed by atoms with van der Waals surface area (Å²) < 4.78 is 0. The van der Waals surface area contributed by atoms with Crippen LogP contribution in [0.2, 0.25) is 10.0 Å². The zero-order chi connectivity index (χ0) is 13.9. The smallest absolute Gasteiger partial charge is 0.121 e. The Morgan fingerprint density at radius 2 is 1.90 bits per heavy atom. The molecule has 5 heteroatoms. The number of halogens is 2. The summed E-state index contributed by atoms with van der Waals surface area (Å²) in [7, 11) is 0. The van der Waals surface area contributed by atoms with Crippen molar-refractivity contribution in [2.24, 2.45) is 5.10 Å². The molecule has 1 aliphatic heterocycles. The van der Waals surface area contributed by atoms with Crippen molar-refractivity contribution in [3.8, 4) is 0 Å². The van der Waals surface area contributed by atoms with Gasteiger partial charge in [0.25, 0.3) is 0 Å². The average molecular weight is 323 g/mol. The summed E-state index contributed by atoms with van der Waals surface area (Å²) >= 11 is 13.8. The van der Waals surface area contributed by atoms with Gasteiger partial charge in [0.2, 0.25) is 0 Å². The second kappa shape index (κ2) is 6.08. The fourth-order valence-electron chi connectivity index (χ4n) is 2.02. The summed E-state index contributed by atoms with van der Waals surface area (Å²) in [5.41, 5.74) is 5.39. The van der Waals surface area contributed by atoms with E-state index in [1.807, 2.05) is 30.3 Å². The van der Waals surface area contributed by atoms with E-state index in [4.69, 9.17) is 23.2 Å². The topological polar surface area (TPSA) is 24.4 Å². The van der Waals surface area contributed by atoms with E-state index in [1.54, 1.807) is 17.8 Å². The van der Waals surface area contributed by atoms with Crippen molar-refractivity contribution in [1.82, 2.24) is 5.43 Å². The van der Waals surface area contributed by atoms with Gasteiger partial charge in [0.05, 0.1) is 5.04 Å². The Morgan fingerprint density at radius 3 is 2.65 bits per heavy atom. The molecular weight excluding hydrogens is 311 g/mol. The lowest BCUT2D eigenvalue weighted by Crippen LogP contribution is -2.07. The molecule has 1 N–H and O–H groups in total. The maximum Gasteiger partial charge on any atom is 0.121 e. The fourth-order valence-corrected chi connectivity index (χ4v) is 3.67. The molecule has 1 aliphatic rings. The summed E-state index contributed by atoms with van der Waals surface area (Å²) in [6.07, 6.45) is 0.834. The van der Waals surface area contributed by atoms with E-state index in [0.717, 1.165) is 17.0 Å². The van der Waals surface area contributed by atoms with E-state index >= 15 is 0 Å². The van der Waals surface area contributed by atoms with Crippen LogP contribution in [0, 0.1) is 0 Å². The molecule has 3 rings (SSSR count). The molecule has 0 aliphatic carbocycles. The molecule has 102 valence electrons. The first-order valence-corrected chi connectivity index (χ1v) is 7.83. The molecule has 1 atom stereocenters. The van der Waals surface area contributed by atoms with Crippen molar-refractivity contribution in [1.29, 1.82) is 0 Å². The summed E-state index contributed by atoms with van der Waals surface area (Å²) in [4.78, 5) is 0. The number of hydrogen-bond donors (Lipinski definition) is 1. The zero-order valence-electron chi connectivity index (χ0n) is 10.5. The maximum absolute atomic E-state index is 6.23. The highest BCUT2D eigenvalue weighted by Crippen LogP contribution is 2.37. The molecule has 2 nitrogen and oxygen atoms in total. The zero-order valence-corrected chi connectivity index (χ0v) is 12.8. The monoisotopic (exact) mass is 322 g/mol. The van der Waals surface area contributed by atoms with Crippen molar-refractivity contribution in [2.45, 2.75) is 11.8 Å². The van der Waals surface area contributed by atoms with Crippen LogP contribution in [-0.2, 0) is 6.42 Å². The maximum atomic E-state index is 6.23. The molecular formula is C15H12Cl2N2S. The van der Waals surface area contributed by atoms with Gasteiger partial charge in [-0.05, 0) is 17.7 Å². The van der Waals surface area contributed by atoms with E-state index < -0.39 is 0 Å². The minimum Gasteiger partial charge on any atom is -0.291 e. The third kappa shape index (κ3) is 3.11. The van der Waals surface area contributed by atoms with Crippen LogP contribution >= 0.6 is 35.0 Å². The van der Waals surface area contributed by atoms with Gasteiger partial charge < -0.3 is 0 Å². The standard InChI is InChI=1S/C15H12Cl2N2S/c16-11-6-7-12(13(17)9-11)15-19-18-14(20-15)8-10-4-2-1-3-5-10/h1-7,9,15,19H,8H2/t15-/m0/s1. The highest BCUT2D eigenvalue weighted by molar-refractivity contribution is 8.14. The van der Waals surface area contributed by atoms with E-state index in [1.165, 1.54) is 5.56 Å². The number of nitrogens with one attached hydrogen (secondary N) is 1. The van der Waals surface area contributed by atoms with E-state index in [-0.39, 0.29) is 5.37 Å². The van der Waals surface area contributed by atoms with Crippen molar-refractivity contribution >= 4 is 40.0 Å². The average Bonchev–Trinajstić information content (AvgIpc) is 2.88. The molecule has 2 aromatic carbocycles. The third-order valence-electron chi connectivity index (χ3n) is 3.00. The molecule has 0 fully saturated rings. The normalized spacial score (nSPS) is 17.7. The van der Waals surface area contributed by atoms with E-state index in [9.17, 15) is 0 Å². The molecule has 0 unspecified atom stereocenters. The molecule has 0 spiro atoms. The lowest BCUT2D eigenvalue weighted by Gasteiger charge is -2.11. The summed E-state index contributed by atoms with van der Waals surface area (Å²) in [5, 5.41) is 6.82. The Labute approximate surface area is 132 Å². The third-order valence-corrected chi connectivity index (χ3v) is 4.67. The molecule has 20 heavy (non-hydrogen) atoms. The summed E-state index contributed by atoms with van der Waals surface area (Å²) in [6, 6.07) is 15.8. The Kier molecular flexibility index (Phi) is 4.20.